The number of hydrogen-bond donors (Lipinski definition) is 0. The van der Waals surface area contributed by atoms with Gasteiger partial charge in [-0.15, -0.1) is 0 Å². The van der Waals surface area contributed by atoms with Gasteiger partial charge in [0.05, 0.1) is 5.39 Å². The summed E-state index contributed by atoms with van der Waals surface area (Å²) in [5.41, 5.74) is 0.929. The van der Waals surface area contributed by atoms with Crippen molar-refractivity contribution in [2.45, 2.75) is 75.4 Å². The Hall–Kier alpha value is -1.00. The quantitative estimate of drug-likeness (QED) is 0.474. The zero-order valence-electron chi connectivity index (χ0n) is 19.3. The van der Waals surface area contributed by atoms with E-state index in [0.717, 1.165) is 31.6 Å². The molecule has 6 rings (SSSR count). The molecule has 0 aromatic carbocycles. The summed E-state index contributed by atoms with van der Waals surface area (Å²) in [6, 6.07) is 1.90. The van der Waals surface area contributed by atoms with Gasteiger partial charge in [-0.3, -0.25) is 4.90 Å². The first-order valence-electron chi connectivity index (χ1n) is 11.9. The molecule has 0 N–H and O–H groups in total. The molecule has 33 heavy (non-hydrogen) atoms. The maximum absolute atomic E-state index is 6.69. The Balaban J connectivity index is 1.30. The summed E-state index contributed by atoms with van der Waals surface area (Å²) < 4.78 is 21.4. The molecule has 6 heterocycles. The number of likely N-dealkylation sites (tertiary alicyclic amines) is 2. The number of ether oxygens (including phenoxy) is 3. The minimum absolute atomic E-state index is 0.0957. The third-order valence-corrected chi connectivity index (χ3v) is 8.41. The van der Waals surface area contributed by atoms with Gasteiger partial charge in [0.2, 0.25) is 5.28 Å². The Morgan fingerprint density at radius 2 is 1.82 bits per heavy atom. The summed E-state index contributed by atoms with van der Waals surface area (Å²) >= 11 is 12.4. The monoisotopic (exact) mass is 495 g/mol. The van der Waals surface area contributed by atoms with Crippen LogP contribution in [0.1, 0.15) is 45.8 Å². The van der Waals surface area contributed by atoms with Crippen LogP contribution in [0, 0.1) is 0 Å². The normalized spacial score (nSPS) is 34.0. The van der Waals surface area contributed by atoms with Crippen LogP contribution in [0.4, 0.5) is 0 Å². The van der Waals surface area contributed by atoms with Crippen molar-refractivity contribution in [3.8, 4) is 0 Å². The number of fused-ring (bicyclic) bond motifs is 2. The molecule has 180 valence electrons. The zero-order valence-corrected chi connectivity index (χ0v) is 20.8. The lowest BCUT2D eigenvalue weighted by molar-refractivity contribution is -0.199. The van der Waals surface area contributed by atoms with Crippen molar-refractivity contribution < 1.29 is 14.2 Å². The number of nitrogens with zero attached hydrogens (tertiary/aromatic N) is 5. The number of aromatic nitrogens is 3. The van der Waals surface area contributed by atoms with E-state index in [1.54, 1.807) is 0 Å². The molecule has 8 nitrogen and oxygen atoms in total. The molecule has 0 amide bonds. The van der Waals surface area contributed by atoms with Crippen molar-refractivity contribution in [1.29, 1.82) is 0 Å². The summed E-state index contributed by atoms with van der Waals surface area (Å²) in [5.74, 6) is -0.668. The average molecular weight is 496 g/mol. The third-order valence-electron chi connectivity index (χ3n) is 7.96. The Morgan fingerprint density at radius 1 is 1.06 bits per heavy atom. The van der Waals surface area contributed by atoms with Crippen molar-refractivity contribution in [1.82, 2.24) is 24.3 Å². The third kappa shape index (κ3) is 3.78. The van der Waals surface area contributed by atoms with Gasteiger partial charge in [0.1, 0.15) is 29.1 Å². The smallest absolute Gasteiger partial charge is 0.225 e. The topological polar surface area (TPSA) is 64.9 Å². The van der Waals surface area contributed by atoms with Gasteiger partial charge in [0.15, 0.2) is 12.0 Å². The highest BCUT2D eigenvalue weighted by atomic mass is 35.5. The van der Waals surface area contributed by atoms with Gasteiger partial charge in [-0.2, -0.15) is 4.98 Å². The van der Waals surface area contributed by atoms with E-state index in [9.17, 15) is 0 Å². The minimum atomic E-state index is -0.668. The minimum Gasteiger partial charge on any atom is -0.348 e. The van der Waals surface area contributed by atoms with E-state index in [-0.39, 0.29) is 35.4 Å². The van der Waals surface area contributed by atoms with Crippen LogP contribution < -0.4 is 0 Å². The van der Waals surface area contributed by atoms with Gasteiger partial charge in [0, 0.05) is 18.3 Å². The Labute approximate surface area is 204 Å². The molecule has 0 radical (unpaired) electrons. The van der Waals surface area contributed by atoms with E-state index in [2.05, 4.69) is 26.8 Å². The molecule has 2 aromatic rings. The van der Waals surface area contributed by atoms with Crippen molar-refractivity contribution in [3.63, 3.8) is 0 Å². The van der Waals surface area contributed by atoms with Crippen LogP contribution in [0.2, 0.25) is 10.4 Å². The van der Waals surface area contributed by atoms with Crippen LogP contribution in [0.25, 0.3) is 11.0 Å². The summed E-state index contributed by atoms with van der Waals surface area (Å²) in [7, 11) is 2.22. The first-order valence-corrected chi connectivity index (χ1v) is 12.6. The standard InChI is InChI=1S/C23H31Cl2N5O3/c1-22(2)32-16-15(13-29-9-4-6-23(29)7-11-28(3)12-8-23)31-20(17(16)33-22)30-10-5-14-18(24)26-21(25)27-19(14)30/h5,10,15-17,20H,4,6-9,11-13H2,1-3H3/t15-,16-,17-,20-/m1/s1. The number of halogens is 2. The predicted molar refractivity (Wildman–Crippen MR) is 126 cm³/mol. The number of piperidine rings is 1. The SMILES string of the molecule is CN1CCC2(CCCN2C[C@H]2O[C@@H](n3ccc4c(Cl)nc(Cl)nc43)[C@@H]3OC(C)(C)O[C@@H]32)CC1. The molecule has 0 unspecified atom stereocenters. The van der Waals surface area contributed by atoms with Crippen molar-refractivity contribution in [2.24, 2.45) is 0 Å². The van der Waals surface area contributed by atoms with Crippen molar-refractivity contribution in [2.75, 3.05) is 33.2 Å². The largest absolute Gasteiger partial charge is 0.348 e. The first kappa shape index (κ1) is 22.5. The van der Waals surface area contributed by atoms with Gasteiger partial charge in [-0.25, -0.2) is 4.98 Å². The van der Waals surface area contributed by atoms with E-state index < -0.39 is 5.79 Å². The van der Waals surface area contributed by atoms with Crippen LogP contribution in [0.3, 0.4) is 0 Å². The van der Waals surface area contributed by atoms with Crippen LogP contribution >= 0.6 is 23.2 Å². The van der Waals surface area contributed by atoms with Crippen molar-refractivity contribution in [3.05, 3.63) is 22.7 Å². The van der Waals surface area contributed by atoms with E-state index in [4.69, 9.17) is 37.4 Å². The molecule has 4 fully saturated rings. The molecule has 0 aliphatic carbocycles. The lowest BCUT2D eigenvalue weighted by Gasteiger charge is -2.45. The van der Waals surface area contributed by atoms with Crippen LogP contribution in [-0.4, -0.2) is 87.2 Å². The lowest BCUT2D eigenvalue weighted by Crippen LogP contribution is -2.54. The molecule has 2 aromatic heterocycles. The maximum Gasteiger partial charge on any atom is 0.225 e. The van der Waals surface area contributed by atoms with Crippen LogP contribution in [-0.2, 0) is 14.2 Å². The second kappa shape index (κ2) is 8.01. The fourth-order valence-electron chi connectivity index (χ4n) is 6.30. The lowest BCUT2D eigenvalue weighted by atomic mass is 9.85. The van der Waals surface area contributed by atoms with Gasteiger partial charge >= 0.3 is 0 Å². The summed E-state index contributed by atoms with van der Waals surface area (Å²) in [6.07, 6.45) is 5.99. The Bertz CT molecular complexity index is 1050. The van der Waals surface area contributed by atoms with Crippen molar-refractivity contribution >= 4 is 34.2 Å². The molecular weight excluding hydrogens is 465 g/mol. The molecule has 0 saturated carbocycles. The van der Waals surface area contributed by atoms with Gasteiger partial charge in [0.25, 0.3) is 0 Å². The van der Waals surface area contributed by atoms with Crippen LogP contribution in [0.5, 0.6) is 0 Å². The number of hydrogen-bond acceptors (Lipinski definition) is 7. The van der Waals surface area contributed by atoms with E-state index in [1.807, 2.05) is 30.7 Å². The molecule has 4 atom stereocenters. The predicted octanol–water partition coefficient (Wildman–Crippen LogP) is 3.72. The molecule has 4 aliphatic rings. The Morgan fingerprint density at radius 3 is 2.61 bits per heavy atom. The highest BCUT2D eigenvalue weighted by Gasteiger charge is 2.57. The van der Waals surface area contributed by atoms with E-state index in [0.29, 0.717) is 10.8 Å². The highest BCUT2D eigenvalue weighted by molar-refractivity contribution is 6.35. The highest BCUT2D eigenvalue weighted by Crippen LogP contribution is 2.46. The molecule has 1 spiro atoms. The maximum atomic E-state index is 6.69. The molecule has 0 bridgehead atoms. The molecule has 4 aliphatic heterocycles. The average Bonchev–Trinajstić information content (AvgIpc) is 3.48. The van der Waals surface area contributed by atoms with Gasteiger partial charge in [-0.05, 0) is 83.9 Å². The second-order valence-corrected chi connectivity index (χ2v) is 11.1. The van der Waals surface area contributed by atoms with Gasteiger partial charge in [-0.1, -0.05) is 11.6 Å². The molecular formula is C23H31Cl2N5O3. The molecule has 4 saturated heterocycles. The van der Waals surface area contributed by atoms with Gasteiger partial charge < -0.3 is 23.7 Å². The van der Waals surface area contributed by atoms with E-state index >= 15 is 0 Å². The fraction of sp³-hybridized carbons (Fsp3) is 0.739. The fourth-order valence-corrected chi connectivity index (χ4v) is 6.74. The first-order chi connectivity index (χ1) is 15.7. The Kier molecular flexibility index (Phi) is 5.46. The summed E-state index contributed by atoms with van der Waals surface area (Å²) in [4.78, 5) is 13.6. The second-order valence-electron chi connectivity index (χ2n) is 10.5. The number of rotatable bonds is 3. The van der Waals surface area contributed by atoms with E-state index in [1.165, 1.54) is 25.7 Å². The summed E-state index contributed by atoms with van der Waals surface area (Å²) in [5, 5.41) is 1.19. The summed E-state index contributed by atoms with van der Waals surface area (Å²) in [6.45, 7) is 8.20. The zero-order chi connectivity index (χ0) is 23.0. The molecule has 10 heteroatoms. The van der Waals surface area contributed by atoms with Crippen LogP contribution in [0.15, 0.2) is 12.3 Å².